The number of carbonyl (C=O) groups is 1. The number of hydrogen-bond acceptors (Lipinski definition) is 5. The van der Waals surface area contributed by atoms with E-state index in [4.69, 9.17) is 10.5 Å². The highest BCUT2D eigenvalue weighted by atomic mass is 32.2. The summed E-state index contributed by atoms with van der Waals surface area (Å²) in [5.74, 6) is 0.915. The minimum absolute atomic E-state index is 0.259. The molecule has 2 N–H and O–H groups in total. The fourth-order valence-electron chi connectivity index (χ4n) is 3.29. The van der Waals surface area contributed by atoms with E-state index in [0.717, 1.165) is 19.2 Å². The highest BCUT2D eigenvalue weighted by Crippen LogP contribution is 2.28. The highest BCUT2D eigenvalue weighted by molar-refractivity contribution is 7.84. The van der Waals surface area contributed by atoms with Crippen molar-refractivity contribution in [3.8, 4) is 0 Å². The zero-order valence-corrected chi connectivity index (χ0v) is 16.3. The Balaban J connectivity index is 1.66. The summed E-state index contributed by atoms with van der Waals surface area (Å²) < 4.78 is 31.7. The summed E-state index contributed by atoms with van der Waals surface area (Å²) in [6.45, 7) is 1.88. The van der Waals surface area contributed by atoms with Gasteiger partial charge in [0.15, 0.2) is 0 Å². The van der Waals surface area contributed by atoms with Crippen molar-refractivity contribution in [2.24, 2.45) is 15.7 Å². The summed E-state index contributed by atoms with van der Waals surface area (Å²) in [7, 11) is -0.764. The highest BCUT2D eigenvalue weighted by Gasteiger charge is 2.32. The lowest BCUT2D eigenvalue weighted by Gasteiger charge is -2.27. The summed E-state index contributed by atoms with van der Waals surface area (Å²) in [4.78, 5) is 23.2. The van der Waals surface area contributed by atoms with Crippen molar-refractivity contribution in [1.29, 1.82) is 0 Å². The van der Waals surface area contributed by atoms with Gasteiger partial charge in [0.25, 0.3) is 0 Å². The standard InChI is InChI=1S/C18H24FN5O3S/c19-16-9-14(24-11-15(27-18(24)25)10-21-13-22-12-20)3-4-17(16)23-5-1-7-28(26)8-2-6-23/h3-4,9,12-13,15H,1-2,5-8,10-11H2,(H2,20,21,22)/t15-/m0/s1. The van der Waals surface area contributed by atoms with Crippen LogP contribution in [-0.4, -0.2) is 66.8 Å². The Bertz CT molecular complexity index is 776. The van der Waals surface area contributed by atoms with Gasteiger partial charge in [-0.3, -0.25) is 14.1 Å². The van der Waals surface area contributed by atoms with Gasteiger partial charge in [-0.15, -0.1) is 0 Å². The zero-order chi connectivity index (χ0) is 19.9. The van der Waals surface area contributed by atoms with Gasteiger partial charge in [-0.2, -0.15) is 0 Å². The summed E-state index contributed by atoms with van der Waals surface area (Å²) in [6, 6.07) is 4.77. The molecule has 152 valence electrons. The van der Waals surface area contributed by atoms with E-state index in [9.17, 15) is 13.4 Å². The Morgan fingerprint density at radius 3 is 2.75 bits per heavy atom. The summed E-state index contributed by atoms with van der Waals surface area (Å²) >= 11 is 0. The third-order valence-electron chi connectivity index (χ3n) is 4.60. The molecule has 1 aromatic rings. The van der Waals surface area contributed by atoms with E-state index < -0.39 is 23.0 Å². The molecule has 10 heteroatoms. The summed E-state index contributed by atoms with van der Waals surface area (Å²) in [5, 5.41) is 0. The number of nitrogens with two attached hydrogens (primary N) is 1. The van der Waals surface area contributed by atoms with E-state index in [1.54, 1.807) is 12.1 Å². The third-order valence-corrected chi connectivity index (χ3v) is 6.09. The Morgan fingerprint density at radius 1 is 1.32 bits per heavy atom. The van der Waals surface area contributed by atoms with Crippen LogP contribution in [-0.2, 0) is 15.5 Å². The van der Waals surface area contributed by atoms with Gasteiger partial charge in [-0.25, -0.2) is 14.2 Å². The van der Waals surface area contributed by atoms with E-state index in [0.29, 0.717) is 36.0 Å². The number of anilines is 2. The van der Waals surface area contributed by atoms with Gasteiger partial charge in [0.2, 0.25) is 0 Å². The number of benzene rings is 1. The monoisotopic (exact) mass is 409 g/mol. The van der Waals surface area contributed by atoms with Crippen LogP contribution in [0.15, 0.2) is 28.2 Å². The van der Waals surface area contributed by atoms with Gasteiger partial charge >= 0.3 is 6.09 Å². The van der Waals surface area contributed by atoms with Gasteiger partial charge < -0.3 is 15.4 Å². The van der Waals surface area contributed by atoms with Crippen molar-refractivity contribution in [2.75, 3.05) is 47.5 Å². The maximum Gasteiger partial charge on any atom is 0.414 e. The number of cyclic esters (lactones) is 1. The van der Waals surface area contributed by atoms with Crippen LogP contribution in [0.25, 0.3) is 0 Å². The van der Waals surface area contributed by atoms with Crippen LogP contribution in [0.3, 0.4) is 0 Å². The number of aliphatic imine (C=N–C) groups is 2. The number of rotatable bonds is 5. The van der Waals surface area contributed by atoms with Crippen LogP contribution < -0.4 is 15.5 Å². The van der Waals surface area contributed by atoms with Gasteiger partial charge in [0.05, 0.1) is 30.8 Å². The number of carbonyl (C=O) groups excluding carboxylic acids is 1. The first-order valence-electron chi connectivity index (χ1n) is 9.18. The lowest BCUT2D eigenvalue weighted by Crippen LogP contribution is -2.31. The number of ether oxygens (including phenoxy) is 1. The van der Waals surface area contributed by atoms with Crippen LogP contribution in [0.5, 0.6) is 0 Å². The van der Waals surface area contributed by atoms with E-state index >= 15 is 0 Å². The Labute approximate surface area is 165 Å². The molecule has 2 aliphatic rings. The third kappa shape index (κ3) is 5.06. The van der Waals surface area contributed by atoms with Gasteiger partial charge in [-0.1, -0.05) is 0 Å². The second-order valence-corrected chi connectivity index (χ2v) is 8.27. The maximum absolute atomic E-state index is 14.8. The van der Waals surface area contributed by atoms with E-state index in [1.807, 2.05) is 4.90 Å². The van der Waals surface area contributed by atoms with Crippen LogP contribution in [0.2, 0.25) is 0 Å². The van der Waals surface area contributed by atoms with Crippen molar-refractivity contribution in [3.05, 3.63) is 24.0 Å². The van der Waals surface area contributed by atoms with Crippen molar-refractivity contribution < 1.29 is 18.1 Å². The predicted molar refractivity (Wildman–Crippen MR) is 109 cm³/mol. The molecule has 3 rings (SSSR count). The molecule has 0 radical (unpaired) electrons. The zero-order valence-electron chi connectivity index (χ0n) is 15.5. The quantitative estimate of drug-likeness (QED) is 0.587. The van der Waals surface area contributed by atoms with E-state index in [-0.39, 0.29) is 18.9 Å². The normalized spacial score (nSPS) is 22.0. The summed E-state index contributed by atoms with van der Waals surface area (Å²) in [5.41, 5.74) is 6.07. The Hall–Kier alpha value is -2.49. The van der Waals surface area contributed by atoms with Crippen molar-refractivity contribution in [2.45, 2.75) is 18.9 Å². The minimum atomic E-state index is -0.764. The molecular formula is C18H24FN5O3S. The minimum Gasteiger partial charge on any atom is -0.442 e. The Morgan fingerprint density at radius 2 is 2.07 bits per heavy atom. The van der Waals surface area contributed by atoms with Crippen LogP contribution in [0.1, 0.15) is 12.8 Å². The van der Waals surface area contributed by atoms with Crippen molar-refractivity contribution >= 4 is 40.9 Å². The summed E-state index contributed by atoms with van der Waals surface area (Å²) in [6.07, 6.45) is 3.00. The molecule has 0 unspecified atom stereocenters. The molecule has 0 bridgehead atoms. The molecule has 0 spiro atoms. The average molecular weight is 409 g/mol. The predicted octanol–water partition coefficient (Wildman–Crippen LogP) is 1.52. The first-order chi connectivity index (χ1) is 13.6. The molecule has 1 atom stereocenters. The maximum atomic E-state index is 14.8. The number of halogens is 1. The molecule has 8 nitrogen and oxygen atoms in total. The second kappa shape index (κ2) is 9.63. The van der Waals surface area contributed by atoms with Gasteiger partial charge in [0.1, 0.15) is 18.3 Å². The van der Waals surface area contributed by atoms with Crippen LogP contribution >= 0.6 is 0 Å². The first-order valence-corrected chi connectivity index (χ1v) is 10.7. The molecule has 0 aliphatic carbocycles. The first kappa shape index (κ1) is 20.2. The average Bonchev–Trinajstić information content (AvgIpc) is 3.03. The molecule has 0 aromatic heterocycles. The van der Waals surface area contributed by atoms with Crippen LogP contribution in [0, 0.1) is 5.82 Å². The number of hydrogen-bond donors (Lipinski definition) is 1. The number of amides is 1. The molecule has 2 fully saturated rings. The molecule has 0 saturated carbocycles. The molecule has 2 aliphatic heterocycles. The fourth-order valence-corrected chi connectivity index (χ4v) is 4.39. The smallest absolute Gasteiger partial charge is 0.414 e. The molecule has 1 aromatic carbocycles. The molecular weight excluding hydrogens is 385 g/mol. The lowest BCUT2D eigenvalue weighted by atomic mass is 10.2. The SMILES string of the molecule is NC=NC=NC[C@H]1CN(c2ccc(N3CCCS(=O)CCC3)c(F)c2)C(=O)O1. The molecule has 2 saturated heterocycles. The van der Waals surface area contributed by atoms with Gasteiger partial charge in [-0.05, 0) is 31.0 Å². The second-order valence-electron chi connectivity index (χ2n) is 6.57. The van der Waals surface area contributed by atoms with Gasteiger partial charge in [0, 0.05) is 35.4 Å². The largest absolute Gasteiger partial charge is 0.442 e. The topological polar surface area (TPSA) is 101 Å². The van der Waals surface area contributed by atoms with Crippen molar-refractivity contribution in [3.63, 3.8) is 0 Å². The fraction of sp³-hybridized carbons (Fsp3) is 0.500. The molecule has 28 heavy (non-hydrogen) atoms. The Kier molecular flexibility index (Phi) is 6.96. The van der Waals surface area contributed by atoms with Crippen molar-refractivity contribution in [1.82, 2.24) is 0 Å². The lowest BCUT2D eigenvalue weighted by molar-refractivity contribution is 0.145. The number of nitrogens with zero attached hydrogens (tertiary/aromatic N) is 4. The van der Waals surface area contributed by atoms with E-state index in [2.05, 4.69) is 9.98 Å². The van der Waals surface area contributed by atoms with Crippen LogP contribution in [0.4, 0.5) is 20.6 Å². The van der Waals surface area contributed by atoms with E-state index in [1.165, 1.54) is 17.3 Å². The molecule has 2 heterocycles. The molecule has 1 amide bonds.